The summed E-state index contributed by atoms with van der Waals surface area (Å²) in [7, 11) is 0. The first-order valence-electron chi connectivity index (χ1n) is 6.71. The molecule has 0 fully saturated rings. The van der Waals surface area contributed by atoms with Crippen molar-refractivity contribution in [1.82, 2.24) is 10.3 Å². The molecule has 1 unspecified atom stereocenters. The normalized spacial score (nSPS) is 12.1. The molecule has 5 heteroatoms. The number of hydrogen-bond donors (Lipinski definition) is 2. The van der Waals surface area contributed by atoms with Gasteiger partial charge in [-0.05, 0) is 18.4 Å². The summed E-state index contributed by atoms with van der Waals surface area (Å²) in [6.07, 6.45) is 4.01. The average molecular weight is 289 g/mol. The van der Waals surface area contributed by atoms with Crippen LogP contribution in [0.15, 0.2) is 41.9 Å². The summed E-state index contributed by atoms with van der Waals surface area (Å²) in [6.45, 7) is 0.589. The van der Waals surface area contributed by atoms with Crippen LogP contribution in [-0.4, -0.2) is 23.5 Å². The highest BCUT2D eigenvalue weighted by Crippen LogP contribution is 2.05. The molecule has 0 aliphatic heterocycles. The van der Waals surface area contributed by atoms with Gasteiger partial charge in [0.2, 0.25) is 5.91 Å². The fourth-order valence-electron chi connectivity index (χ4n) is 1.90. The third-order valence-electron chi connectivity index (χ3n) is 3.05. The lowest BCUT2D eigenvalue weighted by Gasteiger charge is -2.11. The van der Waals surface area contributed by atoms with Gasteiger partial charge < -0.3 is 11.1 Å². The van der Waals surface area contributed by atoms with Gasteiger partial charge >= 0.3 is 0 Å². The minimum absolute atomic E-state index is 0.0857. The quantitative estimate of drug-likeness (QED) is 0.816. The molecule has 2 rings (SSSR count). The summed E-state index contributed by atoms with van der Waals surface area (Å²) in [5, 5.41) is 5.82. The summed E-state index contributed by atoms with van der Waals surface area (Å²) >= 11 is 1.60. The van der Waals surface area contributed by atoms with Crippen molar-refractivity contribution in [2.24, 2.45) is 5.73 Å². The van der Waals surface area contributed by atoms with Gasteiger partial charge in [-0.2, -0.15) is 0 Å². The van der Waals surface area contributed by atoms with Gasteiger partial charge in [0.05, 0.1) is 11.0 Å². The number of aromatic nitrogens is 1. The monoisotopic (exact) mass is 289 g/mol. The number of benzene rings is 1. The number of nitrogens with two attached hydrogens (primary N) is 1. The van der Waals surface area contributed by atoms with Crippen LogP contribution in [0.25, 0.3) is 0 Å². The Morgan fingerprint density at radius 3 is 2.80 bits per heavy atom. The molecule has 1 aromatic heterocycles. The second kappa shape index (κ2) is 7.77. The molecule has 0 bridgehead atoms. The summed E-state index contributed by atoms with van der Waals surface area (Å²) in [5.74, 6) is -0.0857. The highest BCUT2D eigenvalue weighted by molar-refractivity contribution is 7.09. The maximum atomic E-state index is 11.8. The number of nitrogens with zero attached hydrogens (tertiary/aromatic N) is 1. The highest BCUT2D eigenvalue weighted by atomic mass is 32.1. The molecule has 106 valence electrons. The standard InChI is InChI=1S/C15H19N3OS/c16-13(7-6-12-4-2-1-3-5-12)15(19)18-9-8-14-17-10-11-20-14/h1-5,10-11,13H,6-9,16H2,(H,18,19). The van der Waals surface area contributed by atoms with Crippen LogP contribution < -0.4 is 11.1 Å². The summed E-state index contributed by atoms with van der Waals surface area (Å²) in [5.41, 5.74) is 7.11. The van der Waals surface area contributed by atoms with Crippen molar-refractivity contribution in [3.05, 3.63) is 52.5 Å². The Kier molecular flexibility index (Phi) is 5.70. The molecule has 2 aromatic rings. The fraction of sp³-hybridized carbons (Fsp3) is 0.333. The van der Waals surface area contributed by atoms with E-state index in [2.05, 4.69) is 10.3 Å². The van der Waals surface area contributed by atoms with Crippen LogP contribution in [0.3, 0.4) is 0 Å². The maximum absolute atomic E-state index is 11.8. The molecular formula is C15H19N3OS. The number of carbonyl (C=O) groups is 1. The zero-order chi connectivity index (χ0) is 14.2. The Labute approximate surface area is 123 Å². The predicted octanol–water partition coefficient (Wildman–Crippen LogP) is 1.76. The lowest BCUT2D eigenvalue weighted by atomic mass is 10.1. The van der Waals surface area contributed by atoms with Gasteiger partial charge in [0.15, 0.2) is 0 Å². The third-order valence-corrected chi connectivity index (χ3v) is 3.88. The van der Waals surface area contributed by atoms with Gasteiger partial charge in [-0.15, -0.1) is 11.3 Å². The number of nitrogens with one attached hydrogen (secondary N) is 1. The molecule has 0 saturated carbocycles. The van der Waals surface area contributed by atoms with Crippen LogP contribution in [-0.2, 0) is 17.6 Å². The molecule has 0 aliphatic rings. The summed E-state index contributed by atoms with van der Waals surface area (Å²) in [6, 6.07) is 9.62. The Hall–Kier alpha value is -1.72. The Balaban J connectivity index is 1.66. The van der Waals surface area contributed by atoms with Crippen molar-refractivity contribution in [3.63, 3.8) is 0 Å². The van der Waals surface area contributed by atoms with E-state index in [0.717, 1.165) is 17.8 Å². The number of rotatable bonds is 7. The lowest BCUT2D eigenvalue weighted by Crippen LogP contribution is -2.41. The molecule has 4 nitrogen and oxygen atoms in total. The van der Waals surface area contributed by atoms with Crippen LogP contribution >= 0.6 is 11.3 Å². The van der Waals surface area contributed by atoms with Crippen LogP contribution in [0, 0.1) is 0 Å². The molecule has 0 spiro atoms. The van der Waals surface area contributed by atoms with E-state index in [-0.39, 0.29) is 5.91 Å². The Morgan fingerprint density at radius 2 is 2.10 bits per heavy atom. The molecule has 3 N–H and O–H groups in total. The molecule has 0 aliphatic carbocycles. The summed E-state index contributed by atoms with van der Waals surface area (Å²) < 4.78 is 0. The largest absolute Gasteiger partial charge is 0.354 e. The van der Waals surface area contributed by atoms with Gasteiger partial charge in [-0.1, -0.05) is 30.3 Å². The van der Waals surface area contributed by atoms with Gasteiger partial charge in [0.1, 0.15) is 0 Å². The molecule has 0 radical (unpaired) electrons. The van der Waals surface area contributed by atoms with E-state index < -0.39 is 6.04 Å². The van der Waals surface area contributed by atoms with Crippen molar-refractivity contribution >= 4 is 17.2 Å². The first kappa shape index (κ1) is 14.7. The van der Waals surface area contributed by atoms with Gasteiger partial charge in [0, 0.05) is 24.5 Å². The minimum atomic E-state index is -0.452. The van der Waals surface area contributed by atoms with Crippen molar-refractivity contribution in [3.8, 4) is 0 Å². The number of carbonyl (C=O) groups excluding carboxylic acids is 1. The number of thiazole rings is 1. The van der Waals surface area contributed by atoms with Gasteiger partial charge in [-0.3, -0.25) is 4.79 Å². The van der Waals surface area contributed by atoms with E-state index in [4.69, 9.17) is 5.73 Å². The van der Waals surface area contributed by atoms with Crippen LogP contribution in [0.5, 0.6) is 0 Å². The van der Waals surface area contributed by atoms with E-state index in [9.17, 15) is 4.79 Å². The van der Waals surface area contributed by atoms with Gasteiger partial charge in [0.25, 0.3) is 0 Å². The molecule has 1 amide bonds. The van der Waals surface area contributed by atoms with Crippen LogP contribution in [0.1, 0.15) is 17.0 Å². The molecule has 0 saturated heterocycles. The Morgan fingerprint density at radius 1 is 1.30 bits per heavy atom. The summed E-state index contributed by atoms with van der Waals surface area (Å²) in [4.78, 5) is 16.0. The van der Waals surface area contributed by atoms with E-state index in [1.807, 2.05) is 35.7 Å². The van der Waals surface area contributed by atoms with Crippen LogP contribution in [0.4, 0.5) is 0 Å². The lowest BCUT2D eigenvalue weighted by molar-refractivity contribution is -0.122. The Bertz CT molecular complexity index is 513. The van der Waals surface area contributed by atoms with Gasteiger partial charge in [-0.25, -0.2) is 4.98 Å². The van der Waals surface area contributed by atoms with Crippen LogP contribution in [0.2, 0.25) is 0 Å². The second-order valence-electron chi connectivity index (χ2n) is 4.60. The predicted molar refractivity (Wildman–Crippen MR) is 81.6 cm³/mol. The SMILES string of the molecule is NC(CCc1ccccc1)C(=O)NCCc1nccs1. The fourth-order valence-corrected chi connectivity index (χ4v) is 2.52. The zero-order valence-corrected chi connectivity index (χ0v) is 12.1. The van der Waals surface area contributed by atoms with Crippen molar-refractivity contribution in [1.29, 1.82) is 0 Å². The number of amides is 1. The molecule has 1 aromatic carbocycles. The van der Waals surface area contributed by atoms with E-state index >= 15 is 0 Å². The molecule has 1 heterocycles. The topological polar surface area (TPSA) is 68.0 Å². The van der Waals surface area contributed by atoms with Crippen molar-refractivity contribution < 1.29 is 4.79 Å². The second-order valence-corrected chi connectivity index (χ2v) is 5.58. The molecule has 20 heavy (non-hydrogen) atoms. The molecular weight excluding hydrogens is 270 g/mol. The average Bonchev–Trinajstić information content (AvgIpc) is 2.99. The molecule has 1 atom stereocenters. The van der Waals surface area contributed by atoms with Crippen molar-refractivity contribution in [2.45, 2.75) is 25.3 Å². The number of hydrogen-bond acceptors (Lipinski definition) is 4. The third kappa shape index (κ3) is 4.75. The van der Waals surface area contributed by atoms with E-state index in [1.165, 1.54) is 5.56 Å². The van der Waals surface area contributed by atoms with E-state index in [1.54, 1.807) is 17.5 Å². The first-order valence-corrected chi connectivity index (χ1v) is 7.59. The zero-order valence-electron chi connectivity index (χ0n) is 11.3. The number of aryl methyl sites for hydroxylation is 1. The maximum Gasteiger partial charge on any atom is 0.236 e. The van der Waals surface area contributed by atoms with E-state index in [0.29, 0.717) is 13.0 Å². The first-order chi connectivity index (χ1) is 9.75. The van der Waals surface area contributed by atoms with Crippen molar-refractivity contribution in [2.75, 3.05) is 6.54 Å². The minimum Gasteiger partial charge on any atom is -0.354 e. The highest BCUT2D eigenvalue weighted by Gasteiger charge is 2.12. The smallest absolute Gasteiger partial charge is 0.236 e.